The fourth-order valence-electron chi connectivity index (χ4n) is 3.30. The zero-order valence-corrected chi connectivity index (χ0v) is 16.5. The van der Waals surface area contributed by atoms with Crippen LogP contribution in [0.5, 0.6) is 0 Å². The standard InChI is InChI=1S/C20H16N6O3S/c27-17(11-30-20-22-23-24-26(20)13-8-9-13)21-12-4-3-5-14(10-12)25-18(28)15-6-1-2-7-16(15)19(25)29/h1-7,10,13H,8-9,11H2,(H,21,27). The summed E-state index contributed by atoms with van der Waals surface area (Å²) >= 11 is 1.27. The van der Waals surface area contributed by atoms with Crippen LogP contribution in [0.2, 0.25) is 0 Å². The Bertz CT molecular complexity index is 1140. The lowest BCUT2D eigenvalue weighted by atomic mass is 10.1. The van der Waals surface area contributed by atoms with E-state index in [-0.39, 0.29) is 23.5 Å². The number of fused-ring (bicyclic) bond motifs is 1. The number of amides is 3. The number of hydrogen-bond acceptors (Lipinski definition) is 7. The molecule has 0 bridgehead atoms. The number of carbonyl (C=O) groups excluding carboxylic acids is 3. The second-order valence-electron chi connectivity index (χ2n) is 7.02. The summed E-state index contributed by atoms with van der Waals surface area (Å²) in [6.45, 7) is 0. The molecule has 0 radical (unpaired) electrons. The lowest BCUT2D eigenvalue weighted by molar-refractivity contribution is -0.113. The number of benzene rings is 2. The molecule has 3 aromatic rings. The maximum absolute atomic E-state index is 12.7. The molecule has 30 heavy (non-hydrogen) atoms. The SMILES string of the molecule is O=C(CSc1nnnn1C1CC1)Nc1cccc(N2C(=O)c3ccccc3C2=O)c1. The summed E-state index contributed by atoms with van der Waals surface area (Å²) in [5.41, 5.74) is 1.66. The largest absolute Gasteiger partial charge is 0.325 e. The number of nitrogens with zero attached hydrogens (tertiary/aromatic N) is 5. The Kier molecular flexibility index (Phi) is 4.55. The molecule has 150 valence electrons. The summed E-state index contributed by atoms with van der Waals surface area (Å²) in [7, 11) is 0. The van der Waals surface area contributed by atoms with Gasteiger partial charge >= 0.3 is 0 Å². The molecule has 1 saturated carbocycles. The van der Waals surface area contributed by atoms with Crippen LogP contribution in [0.1, 0.15) is 39.6 Å². The van der Waals surface area contributed by atoms with Gasteiger partial charge < -0.3 is 5.32 Å². The molecule has 0 atom stereocenters. The van der Waals surface area contributed by atoms with Crippen molar-refractivity contribution in [1.29, 1.82) is 0 Å². The molecule has 3 amide bonds. The first-order valence-electron chi connectivity index (χ1n) is 9.40. The fraction of sp³-hybridized carbons (Fsp3) is 0.200. The maximum atomic E-state index is 12.7. The van der Waals surface area contributed by atoms with Crippen LogP contribution in [-0.4, -0.2) is 43.7 Å². The highest BCUT2D eigenvalue weighted by molar-refractivity contribution is 7.99. The molecule has 2 aliphatic rings. The van der Waals surface area contributed by atoms with Crippen LogP contribution in [0.3, 0.4) is 0 Å². The molecule has 0 spiro atoms. The fourth-order valence-corrected chi connectivity index (χ4v) is 4.05. The number of carbonyl (C=O) groups is 3. The smallest absolute Gasteiger partial charge is 0.266 e. The minimum absolute atomic E-state index is 0.143. The van der Waals surface area contributed by atoms with Gasteiger partial charge in [0.2, 0.25) is 11.1 Å². The van der Waals surface area contributed by atoms with Crippen LogP contribution in [0.25, 0.3) is 0 Å². The van der Waals surface area contributed by atoms with E-state index >= 15 is 0 Å². The van der Waals surface area contributed by atoms with Crippen LogP contribution < -0.4 is 10.2 Å². The quantitative estimate of drug-likeness (QED) is 0.482. The Balaban J connectivity index is 1.27. The van der Waals surface area contributed by atoms with E-state index < -0.39 is 0 Å². The number of nitrogens with one attached hydrogen (secondary N) is 1. The molecule has 0 unspecified atom stereocenters. The Labute approximate surface area is 175 Å². The van der Waals surface area contributed by atoms with Crippen LogP contribution in [0.15, 0.2) is 53.7 Å². The Morgan fingerprint density at radius 3 is 2.50 bits per heavy atom. The van der Waals surface area contributed by atoms with Crippen LogP contribution in [-0.2, 0) is 4.79 Å². The van der Waals surface area contributed by atoms with E-state index in [1.165, 1.54) is 11.8 Å². The normalized spacial score (nSPS) is 15.4. The number of tetrazole rings is 1. The lowest BCUT2D eigenvalue weighted by Crippen LogP contribution is -2.29. The van der Waals surface area contributed by atoms with Crippen molar-refractivity contribution in [3.8, 4) is 0 Å². The zero-order chi connectivity index (χ0) is 20.7. The molecule has 1 N–H and O–H groups in total. The van der Waals surface area contributed by atoms with Gasteiger partial charge in [0.25, 0.3) is 11.8 Å². The van der Waals surface area contributed by atoms with Crippen molar-refractivity contribution in [2.45, 2.75) is 24.0 Å². The molecule has 1 aliphatic heterocycles. The molecule has 9 nitrogen and oxygen atoms in total. The van der Waals surface area contributed by atoms with Gasteiger partial charge in [-0.25, -0.2) is 9.58 Å². The van der Waals surface area contributed by atoms with Crippen molar-refractivity contribution >= 4 is 40.9 Å². The average Bonchev–Trinajstić information content (AvgIpc) is 3.43. The van der Waals surface area contributed by atoms with Crippen molar-refractivity contribution in [3.63, 3.8) is 0 Å². The Morgan fingerprint density at radius 1 is 1.07 bits per heavy atom. The first-order valence-corrected chi connectivity index (χ1v) is 10.4. The second kappa shape index (κ2) is 7.38. The van der Waals surface area contributed by atoms with Crippen LogP contribution in [0.4, 0.5) is 11.4 Å². The van der Waals surface area contributed by atoms with Crippen molar-refractivity contribution in [3.05, 3.63) is 59.7 Å². The first-order chi connectivity index (χ1) is 14.6. The topological polar surface area (TPSA) is 110 Å². The highest BCUT2D eigenvalue weighted by Crippen LogP contribution is 2.36. The summed E-state index contributed by atoms with van der Waals surface area (Å²) in [6.07, 6.45) is 2.10. The number of aromatic nitrogens is 4. The molecule has 1 fully saturated rings. The van der Waals surface area contributed by atoms with Gasteiger partial charge in [-0.15, -0.1) is 5.10 Å². The third-order valence-electron chi connectivity index (χ3n) is 4.87. The molecular weight excluding hydrogens is 404 g/mol. The minimum Gasteiger partial charge on any atom is -0.325 e. The molecule has 5 rings (SSSR count). The highest BCUT2D eigenvalue weighted by atomic mass is 32.2. The molecular formula is C20H16N6O3S. The van der Waals surface area contributed by atoms with Gasteiger partial charge in [-0.1, -0.05) is 30.0 Å². The van der Waals surface area contributed by atoms with Crippen molar-refractivity contribution in [2.75, 3.05) is 16.0 Å². The summed E-state index contributed by atoms with van der Waals surface area (Å²) in [4.78, 5) is 38.8. The van der Waals surface area contributed by atoms with E-state index in [4.69, 9.17) is 0 Å². The first kappa shape index (κ1) is 18.5. The average molecular weight is 420 g/mol. The van der Waals surface area contributed by atoms with Gasteiger partial charge in [-0.2, -0.15) is 0 Å². The molecule has 1 aromatic heterocycles. The lowest BCUT2D eigenvalue weighted by Gasteiger charge is -2.15. The summed E-state index contributed by atoms with van der Waals surface area (Å²) in [6, 6.07) is 13.7. The van der Waals surface area contributed by atoms with Gasteiger partial charge in [0.05, 0.1) is 28.6 Å². The molecule has 0 saturated heterocycles. The Morgan fingerprint density at radius 2 is 1.80 bits per heavy atom. The predicted molar refractivity (Wildman–Crippen MR) is 109 cm³/mol. The van der Waals surface area contributed by atoms with Crippen LogP contribution >= 0.6 is 11.8 Å². The van der Waals surface area contributed by atoms with Crippen LogP contribution in [0, 0.1) is 0 Å². The van der Waals surface area contributed by atoms with Gasteiger partial charge in [0.1, 0.15) is 0 Å². The molecule has 1 aliphatic carbocycles. The zero-order valence-electron chi connectivity index (χ0n) is 15.7. The summed E-state index contributed by atoms with van der Waals surface area (Å²) in [5, 5.41) is 15.0. The van der Waals surface area contributed by atoms with E-state index in [2.05, 4.69) is 20.8 Å². The predicted octanol–water partition coefficient (Wildman–Crippen LogP) is 2.54. The molecule has 2 heterocycles. The molecule has 2 aromatic carbocycles. The number of rotatable bonds is 6. The minimum atomic E-state index is -0.374. The van der Waals surface area contributed by atoms with E-state index in [1.807, 2.05) is 0 Å². The van der Waals surface area contributed by atoms with Gasteiger partial charge in [-0.05, 0) is 53.6 Å². The van der Waals surface area contributed by atoms with E-state index in [0.717, 1.165) is 17.7 Å². The van der Waals surface area contributed by atoms with Crippen molar-refractivity contribution < 1.29 is 14.4 Å². The van der Waals surface area contributed by atoms with E-state index in [1.54, 1.807) is 53.2 Å². The third-order valence-corrected chi connectivity index (χ3v) is 5.80. The van der Waals surface area contributed by atoms with E-state index in [0.29, 0.717) is 33.7 Å². The number of anilines is 2. The second-order valence-corrected chi connectivity index (χ2v) is 7.96. The monoisotopic (exact) mass is 420 g/mol. The highest BCUT2D eigenvalue weighted by Gasteiger charge is 2.36. The third kappa shape index (κ3) is 3.35. The number of imide groups is 1. The number of hydrogen-bond donors (Lipinski definition) is 1. The maximum Gasteiger partial charge on any atom is 0.266 e. The van der Waals surface area contributed by atoms with Gasteiger partial charge in [0, 0.05) is 5.69 Å². The molecule has 10 heteroatoms. The van der Waals surface area contributed by atoms with Crippen molar-refractivity contribution in [2.24, 2.45) is 0 Å². The van der Waals surface area contributed by atoms with E-state index in [9.17, 15) is 14.4 Å². The summed E-state index contributed by atoms with van der Waals surface area (Å²) < 4.78 is 1.75. The number of thioether (sulfide) groups is 1. The van der Waals surface area contributed by atoms with Crippen molar-refractivity contribution in [1.82, 2.24) is 20.2 Å². The summed E-state index contributed by atoms with van der Waals surface area (Å²) in [5.74, 6) is -0.836. The van der Waals surface area contributed by atoms with Gasteiger partial charge in [-0.3, -0.25) is 14.4 Å². The Hall–Kier alpha value is -3.53. The van der Waals surface area contributed by atoms with Gasteiger partial charge in [0.15, 0.2) is 0 Å².